The fourth-order valence-corrected chi connectivity index (χ4v) is 2.12. The van der Waals surface area contributed by atoms with Gasteiger partial charge in [0.05, 0.1) is 14.2 Å². The van der Waals surface area contributed by atoms with Gasteiger partial charge < -0.3 is 13.9 Å². The average molecular weight is 325 g/mol. The van der Waals surface area contributed by atoms with Crippen LogP contribution in [0.2, 0.25) is 0 Å². The molecule has 0 aliphatic rings. The Balaban J connectivity index is 2.44. The third kappa shape index (κ3) is 2.98. The van der Waals surface area contributed by atoms with Gasteiger partial charge in [0.2, 0.25) is 0 Å². The van der Waals surface area contributed by atoms with Gasteiger partial charge in [-0.2, -0.15) is 0 Å². The third-order valence-electron chi connectivity index (χ3n) is 2.68. The van der Waals surface area contributed by atoms with Gasteiger partial charge in [-0.1, -0.05) is 15.9 Å². The number of carbonyl (C=O) groups excluding carboxylic acids is 1. The molecule has 2 rings (SSSR count). The number of halogens is 1. The van der Waals surface area contributed by atoms with Crippen LogP contribution in [0.5, 0.6) is 5.75 Å². The molecule has 0 atom stereocenters. The molecule has 0 saturated carbocycles. The number of methoxy groups -OCH3 is 2. The predicted molar refractivity (Wildman–Crippen MR) is 76.6 cm³/mol. The summed E-state index contributed by atoms with van der Waals surface area (Å²) in [4.78, 5) is 11.3. The van der Waals surface area contributed by atoms with Crippen LogP contribution in [0.25, 0.3) is 16.5 Å². The smallest absolute Gasteiger partial charge is 0.330 e. The van der Waals surface area contributed by atoms with Crippen molar-refractivity contribution < 1.29 is 18.7 Å². The summed E-state index contributed by atoms with van der Waals surface area (Å²) in [5.74, 6) is 0.982. The van der Waals surface area contributed by atoms with Gasteiger partial charge in [0.15, 0.2) is 0 Å². The van der Waals surface area contributed by atoms with Crippen molar-refractivity contribution in [2.45, 2.75) is 0 Å². The first-order chi connectivity index (χ1) is 9.17. The van der Waals surface area contributed by atoms with Crippen molar-refractivity contribution in [1.82, 2.24) is 0 Å². The van der Waals surface area contributed by atoms with Gasteiger partial charge in [-0.05, 0) is 24.3 Å². The van der Waals surface area contributed by atoms with Crippen LogP contribution >= 0.6 is 15.9 Å². The molecule has 1 aromatic carbocycles. The van der Waals surface area contributed by atoms with Gasteiger partial charge in [-0.3, -0.25) is 0 Å². The molecule has 5 heteroatoms. The quantitative estimate of drug-likeness (QED) is 0.491. The zero-order valence-corrected chi connectivity index (χ0v) is 12.2. The molecule has 100 valence electrons. The molecule has 0 fully saturated rings. The number of allylic oxidation sites excluding steroid dienone is 1. The van der Waals surface area contributed by atoms with Crippen LogP contribution in [0, 0.1) is 0 Å². The highest BCUT2D eigenvalue weighted by Crippen LogP contribution is 2.28. The van der Waals surface area contributed by atoms with Crippen molar-refractivity contribution in [3.05, 3.63) is 36.1 Å². The molecule has 0 saturated heterocycles. The van der Waals surface area contributed by atoms with Gasteiger partial charge >= 0.3 is 5.97 Å². The maximum Gasteiger partial charge on any atom is 0.330 e. The fraction of sp³-hybridized carbons (Fsp3) is 0.214. The molecule has 0 spiro atoms. The maximum atomic E-state index is 11.3. The number of carbonyl (C=O) groups is 1. The lowest BCUT2D eigenvalue weighted by molar-refractivity contribution is -0.134. The van der Waals surface area contributed by atoms with E-state index in [-0.39, 0.29) is 0 Å². The number of rotatable bonds is 4. The molecule has 19 heavy (non-hydrogen) atoms. The summed E-state index contributed by atoms with van der Waals surface area (Å²) in [5.41, 5.74) is 1.47. The van der Waals surface area contributed by atoms with Crippen LogP contribution < -0.4 is 4.74 Å². The zero-order valence-electron chi connectivity index (χ0n) is 10.6. The highest BCUT2D eigenvalue weighted by molar-refractivity contribution is 9.09. The Bertz CT molecular complexity index is 627. The van der Waals surface area contributed by atoms with E-state index in [1.807, 2.05) is 24.3 Å². The Morgan fingerprint density at radius 2 is 2.16 bits per heavy atom. The van der Waals surface area contributed by atoms with E-state index in [9.17, 15) is 4.79 Å². The van der Waals surface area contributed by atoms with E-state index < -0.39 is 5.97 Å². The number of esters is 1. The van der Waals surface area contributed by atoms with Crippen molar-refractivity contribution in [1.29, 1.82) is 0 Å². The number of hydrogen-bond acceptors (Lipinski definition) is 4. The van der Waals surface area contributed by atoms with Crippen molar-refractivity contribution >= 4 is 38.4 Å². The molecule has 4 nitrogen and oxygen atoms in total. The third-order valence-corrected chi connectivity index (χ3v) is 3.28. The first kappa shape index (κ1) is 13.7. The van der Waals surface area contributed by atoms with E-state index in [2.05, 4.69) is 20.7 Å². The molecule has 0 aliphatic heterocycles. The van der Waals surface area contributed by atoms with Crippen LogP contribution in [0.1, 0.15) is 5.76 Å². The van der Waals surface area contributed by atoms with Crippen molar-refractivity contribution in [3.63, 3.8) is 0 Å². The monoisotopic (exact) mass is 324 g/mol. The molecule has 0 bridgehead atoms. The maximum absolute atomic E-state index is 11.3. The van der Waals surface area contributed by atoms with E-state index in [0.29, 0.717) is 11.1 Å². The Labute approximate surface area is 119 Å². The Morgan fingerprint density at radius 3 is 2.79 bits per heavy atom. The van der Waals surface area contributed by atoms with E-state index >= 15 is 0 Å². The van der Waals surface area contributed by atoms with Gasteiger partial charge in [0, 0.05) is 22.4 Å². The minimum absolute atomic E-state index is 0.410. The van der Waals surface area contributed by atoms with E-state index in [1.165, 1.54) is 13.2 Å². The minimum atomic E-state index is -0.410. The molecule has 2 aromatic rings. The summed E-state index contributed by atoms with van der Waals surface area (Å²) in [5, 5.41) is 1.42. The van der Waals surface area contributed by atoms with Gasteiger partial charge in [0.1, 0.15) is 17.1 Å². The van der Waals surface area contributed by atoms with Gasteiger partial charge in [0.25, 0.3) is 0 Å². The van der Waals surface area contributed by atoms with E-state index in [4.69, 9.17) is 9.15 Å². The van der Waals surface area contributed by atoms with Crippen LogP contribution in [-0.4, -0.2) is 25.5 Å². The number of benzene rings is 1. The number of alkyl halides is 1. The van der Waals surface area contributed by atoms with E-state index in [1.54, 1.807) is 7.11 Å². The van der Waals surface area contributed by atoms with E-state index in [0.717, 1.165) is 22.3 Å². The van der Waals surface area contributed by atoms with Gasteiger partial charge in [-0.25, -0.2) is 4.79 Å². The topological polar surface area (TPSA) is 48.7 Å². The summed E-state index contributed by atoms with van der Waals surface area (Å²) in [6.45, 7) is 0. The Hall–Kier alpha value is -1.75. The van der Waals surface area contributed by atoms with Crippen LogP contribution in [0.15, 0.2) is 34.8 Å². The number of fused-ring (bicyclic) bond motifs is 1. The van der Waals surface area contributed by atoms with Crippen molar-refractivity contribution in [2.24, 2.45) is 0 Å². The lowest BCUT2D eigenvalue weighted by Gasteiger charge is -1.98. The predicted octanol–water partition coefficient (Wildman–Crippen LogP) is 3.39. The molecule has 1 aromatic heterocycles. The number of ether oxygens (including phenoxy) is 2. The highest BCUT2D eigenvalue weighted by atomic mass is 79.9. The second-order valence-electron chi connectivity index (χ2n) is 3.84. The second-order valence-corrected chi connectivity index (χ2v) is 4.40. The Morgan fingerprint density at radius 1 is 1.37 bits per heavy atom. The van der Waals surface area contributed by atoms with Crippen molar-refractivity contribution in [2.75, 3.05) is 19.5 Å². The number of furan rings is 1. The summed E-state index contributed by atoms with van der Waals surface area (Å²) in [6.07, 6.45) is 1.41. The summed E-state index contributed by atoms with van der Waals surface area (Å²) < 4.78 is 15.5. The molecule has 1 heterocycles. The van der Waals surface area contributed by atoms with Crippen LogP contribution in [0.3, 0.4) is 0 Å². The second kappa shape index (κ2) is 5.93. The SMILES string of the molecule is COC(=O)C=C(CBr)c1cc2cc(OC)ccc2o1. The molecular formula is C14H13BrO4. The Kier molecular flexibility index (Phi) is 4.27. The van der Waals surface area contributed by atoms with Crippen LogP contribution in [-0.2, 0) is 9.53 Å². The fourth-order valence-electron chi connectivity index (χ4n) is 1.68. The lowest BCUT2D eigenvalue weighted by Crippen LogP contribution is -1.97. The molecule has 0 radical (unpaired) electrons. The lowest BCUT2D eigenvalue weighted by atomic mass is 10.2. The molecule has 0 unspecified atom stereocenters. The standard InChI is InChI=1S/C14H13BrO4/c1-17-11-3-4-12-9(5-11)6-13(19-12)10(8-15)7-14(16)18-2/h3-7H,8H2,1-2H3. The average Bonchev–Trinajstić information content (AvgIpc) is 2.86. The van der Waals surface area contributed by atoms with Gasteiger partial charge in [-0.15, -0.1) is 0 Å². The molecule has 0 aliphatic carbocycles. The van der Waals surface area contributed by atoms with Crippen LogP contribution in [0.4, 0.5) is 0 Å². The normalized spacial score (nSPS) is 11.6. The summed E-state index contributed by atoms with van der Waals surface area (Å²) in [7, 11) is 2.96. The molecule has 0 amide bonds. The molecule has 0 N–H and O–H groups in total. The van der Waals surface area contributed by atoms with Crippen molar-refractivity contribution in [3.8, 4) is 5.75 Å². The number of hydrogen-bond donors (Lipinski definition) is 0. The first-order valence-corrected chi connectivity index (χ1v) is 6.72. The summed E-state index contributed by atoms with van der Waals surface area (Å²) >= 11 is 3.33. The largest absolute Gasteiger partial charge is 0.497 e. The molecular weight excluding hydrogens is 312 g/mol. The zero-order chi connectivity index (χ0) is 13.8. The minimum Gasteiger partial charge on any atom is -0.497 e. The summed E-state index contributed by atoms with van der Waals surface area (Å²) in [6, 6.07) is 7.41. The first-order valence-electron chi connectivity index (χ1n) is 5.60. The highest BCUT2D eigenvalue weighted by Gasteiger charge is 2.10.